The lowest BCUT2D eigenvalue weighted by atomic mass is 9.99. The minimum Gasteiger partial charge on any atom is -0.457 e. The Morgan fingerprint density at radius 1 is 0.621 bits per heavy atom. The number of ether oxygens (including phenoxy) is 3. The van der Waals surface area contributed by atoms with Crippen molar-refractivity contribution >= 4 is 33.5 Å². The average molecular weight is 386 g/mol. The van der Waals surface area contributed by atoms with Gasteiger partial charge in [0.2, 0.25) is 0 Å². The molecule has 0 aliphatic carbocycles. The minimum atomic E-state index is -0.453. The van der Waals surface area contributed by atoms with Gasteiger partial charge in [0.15, 0.2) is 5.75 Å². The van der Waals surface area contributed by atoms with E-state index < -0.39 is 11.9 Å². The fourth-order valence-electron chi connectivity index (χ4n) is 3.32. The van der Waals surface area contributed by atoms with Gasteiger partial charge in [-0.15, -0.1) is 0 Å². The molecule has 0 saturated heterocycles. The Bertz CT molecular complexity index is 1230. The molecule has 0 atom stereocenters. The molecule has 0 saturated carbocycles. The van der Waals surface area contributed by atoms with E-state index in [1.807, 2.05) is 60.7 Å². The summed E-state index contributed by atoms with van der Waals surface area (Å²) in [6.07, 6.45) is 0. The third-order valence-electron chi connectivity index (χ3n) is 4.38. The average Bonchev–Trinajstić information content (AvgIpc) is 2.71. The molecule has 0 aliphatic heterocycles. The Balaban J connectivity index is 2.09. The molecule has 5 nitrogen and oxygen atoms in total. The van der Waals surface area contributed by atoms with Crippen LogP contribution < -0.4 is 14.2 Å². The lowest BCUT2D eigenvalue weighted by molar-refractivity contribution is -0.132. The molecule has 0 fully saturated rings. The molecule has 4 aromatic carbocycles. The van der Waals surface area contributed by atoms with Gasteiger partial charge >= 0.3 is 11.9 Å². The van der Waals surface area contributed by atoms with Crippen LogP contribution in [0.1, 0.15) is 13.8 Å². The number of esters is 2. The molecule has 5 heteroatoms. The Kier molecular flexibility index (Phi) is 4.87. The fourth-order valence-corrected chi connectivity index (χ4v) is 3.32. The first kappa shape index (κ1) is 18.5. The van der Waals surface area contributed by atoms with Crippen LogP contribution in [0, 0.1) is 0 Å². The summed E-state index contributed by atoms with van der Waals surface area (Å²) in [4.78, 5) is 23.7. The molecular weight excluding hydrogens is 368 g/mol. The van der Waals surface area contributed by atoms with Crippen LogP contribution in [0.2, 0.25) is 0 Å². The molecule has 0 heterocycles. The monoisotopic (exact) mass is 386 g/mol. The molecule has 0 aromatic heterocycles. The number of carbonyl (C=O) groups is 2. The second-order valence-corrected chi connectivity index (χ2v) is 6.48. The predicted octanol–water partition coefficient (Wildman–Crippen LogP) is 5.64. The summed E-state index contributed by atoms with van der Waals surface area (Å²) in [5, 5.41) is 2.49. The Labute approximate surface area is 167 Å². The Hall–Kier alpha value is -3.86. The van der Waals surface area contributed by atoms with E-state index in [0.29, 0.717) is 44.5 Å². The normalized spacial score (nSPS) is 10.7. The third-order valence-corrected chi connectivity index (χ3v) is 4.38. The maximum atomic E-state index is 11.9. The van der Waals surface area contributed by atoms with Gasteiger partial charge in [0.25, 0.3) is 0 Å². The quantitative estimate of drug-likeness (QED) is 0.258. The molecule has 0 bridgehead atoms. The minimum absolute atomic E-state index is 0.366. The molecule has 144 valence electrons. The van der Waals surface area contributed by atoms with Gasteiger partial charge in [0.05, 0.1) is 5.39 Å². The maximum absolute atomic E-state index is 11.9. The van der Waals surface area contributed by atoms with E-state index in [2.05, 4.69) is 0 Å². The number of para-hydroxylation sites is 1. The molecule has 0 unspecified atom stereocenters. The van der Waals surface area contributed by atoms with Crippen molar-refractivity contribution in [1.29, 1.82) is 0 Å². The second kappa shape index (κ2) is 7.64. The molecule has 0 radical (unpaired) electrons. The number of carbonyl (C=O) groups excluding carboxylic acids is 2. The van der Waals surface area contributed by atoms with E-state index in [1.54, 1.807) is 12.1 Å². The van der Waals surface area contributed by atoms with Gasteiger partial charge in [-0.3, -0.25) is 9.59 Å². The van der Waals surface area contributed by atoms with Crippen LogP contribution in [0.25, 0.3) is 21.5 Å². The van der Waals surface area contributed by atoms with Crippen LogP contribution in [0.3, 0.4) is 0 Å². The highest BCUT2D eigenvalue weighted by Gasteiger charge is 2.21. The first-order chi connectivity index (χ1) is 14.0. The van der Waals surface area contributed by atoms with Gasteiger partial charge in [0, 0.05) is 30.0 Å². The van der Waals surface area contributed by atoms with Crippen molar-refractivity contribution < 1.29 is 23.8 Å². The van der Waals surface area contributed by atoms with Crippen molar-refractivity contribution in [1.82, 2.24) is 0 Å². The van der Waals surface area contributed by atoms with Gasteiger partial charge in [-0.05, 0) is 18.2 Å². The van der Waals surface area contributed by atoms with E-state index in [1.165, 1.54) is 13.8 Å². The van der Waals surface area contributed by atoms with Gasteiger partial charge in [0.1, 0.15) is 17.2 Å². The first-order valence-corrected chi connectivity index (χ1v) is 9.12. The van der Waals surface area contributed by atoms with Crippen LogP contribution in [-0.4, -0.2) is 11.9 Å². The van der Waals surface area contributed by atoms with Crippen LogP contribution >= 0.6 is 0 Å². The van der Waals surface area contributed by atoms with E-state index >= 15 is 0 Å². The Morgan fingerprint density at radius 2 is 1.17 bits per heavy atom. The molecule has 0 amide bonds. The number of fused-ring (bicyclic) bond motifs is 2. The topological polar surface area (TPSA) is 61.8 Å². The summed E-state index contributed by atoms with van der Waals surface area (Å²) in [5.74, 6) is 1.00. The van der Waals surface area contributed by atoms with Gasteiger partial charge in [-0.25, -0.2) is 0 Å². The SMILES string of the molecule is CC(=O)Oc1c2ccccc2c(OC(C)=O)c2c(Oc3ccccc3)cccc12. The maximum Gasteiger partial charge on any atom is 0.308 e. The van der Waals surface area contributed by atoms with Gasteiger partial charge in [-0.1, -0.05) is 54.6 Å². The van der Waals surface area contributed by atoms with Gasteiger partial charge in [-0.2, -0.15) is 0 Å². The molecule has 0 aliphatic rings. The van der Waals surface area contributed by atoms with Gasteiger partial charge < -0.3 is 14.2 Å². The molecule has 4 rings (SSSR count). The highest BCUT2D eigenvalue weighted by atomic mass is 16.5. The standard InChI is InChI=1S/C24H18O5/c1-15(25)27-23-18-11-6-7-12-19(18)24(28-16(2)26)22-20(23)13-8-14-21(22)29-17-9-4-3-5-10-17/h3-14H,1-2H3. The molecule has 4 aromatic rings. The number of hydrogen-bond donors (Lipinski definition) is 0. The summed E-state index contributed by atoms with van der Waals surface area (Å²) in [6, 6.07) is 22.0. The summed E-state index contributed by atoms with van der Waals surface area (Å²) in [5.41, 5.74) is 0. The fraction of sp³-hybridized carbons (Fsp3) is 0.0833. The molecule has 29 heavy (non-hydrogen) atoms. The zero-order chi connectivity index (χ0) is 20.4. The predicted molar refractivity (Wildman–Crippen MR) is 111 cm³/mol. The van der Waals surface area contributed by atoms with Crippen molar-refractivity contribution in [3.05, 3.63) is 72.8 Å². The van der Waals surface area contributed by atoms with Crippen LogP contribution in [0.15, 0.2) is 72.8 Å². The van der Waals surface area contributed by atoms with Crippen LogP contribution in [0.4, 0.5) is 0 Å². The smallest absolute Gasteiger partial charge is 0.308 e. The molecule has 0 N–H and O–H groups in total. The summed E-state index contributed by atoms with van der Waals surface area (Å²) >= 11 is 0. The lowest BCUT2D eigenvalue weighted by Crippen LogP contribution is -2.06. The van der Waals surface area contributed by atoms with Crippen LogP contribution in [-0.2, 0) is 9.59 Å². The zero-order valence-electron chi connectivity index (χ0n) is 16.0. The Morgan fingerprint density at radius 3 is 1.83 bits per heavy atom. The lowest BCUT2D eigenvalue weighted by Gasteiger charge is -2.18. The van der Waals surface area contributed by atoms with E-state index in [9.17, 15) is 9.59 Å². The van der Waals surface area contributed by atoms with E-state index in [-0.39, 0.29) is 0 Å². The van der Waals surface area contributed by atoms with E-state index in [4.69, 9.17) is 14.2 Å². The molecular formula is C24H18O5. The highest BCUT2D eigenvalue weighted by molar-refractivity contribution is 6.14. The molecule has 0 spiro atoms. The summed E-state index contributed by atoms with van der Waals surface area (Å²) < 4.78 is 17.3. The number of rotatable bonds is 4. The third kappa shape index (κ3) is 3.62. The van der Waals surface area contributed by atoms with E-state index in [0.717, 1.165) is 0 Å². The number of hydrogen-bond acceptors (Lipinski definition) is 5. The zero-order valence-corrected chi connectivity index (χ0v) is 16.0. The van der Waals surface area contributed by atoms with Crippen molar-refractivity contribution in [3.63, 3.8) is 0 Å². The summed E-state index contributed by atoms with van der Waals surface area (Å²) in [6.45, 7) is 2.70. The van der Waals surface area contributed by atoms with Crippen molar-refractivity contribution in [2.75, 3.05) is 0 Å². The largest absolute Gasteiger partial charge is 0.457 e. The second-order valence-electron chi connectivity index (χ2n) is 6.48. The van der Waals surface area contributed by atoms with Crippen LogP contribution in [0.5, 0.6) is 23.0 Å². The highest BCUT2D eigenvalue weighted by Crippen LogP contribution is 2.47. The van der Waals surface area contributed by atoms with Crippen molar-refractivity contribution in [2.24, 2.45) is 0 Å². The van der Waals surface area contributed by atoms with Crippen molar-refractivity contribution in [3.8, 4) is 23.0 Å². The number of benzene rings is 4. The van der Waals surface area contributed by atoms with Crippen molar-refractivity contribution in [2.45, 2.75) is 13.8 Å². The summed E-state index contributed by atoms with van der Waals surface area (Å²) in [7, 11) is 0. The first-order valence-electron chi connectivity index (χ1n) is 9.12.